The van der Waals surface area contributed by atoms with E-state index in [0.29, 0.717) is 0 Å². The van der Waals surface area contributed by atoms with E-state index in [1.165, 1.54) is 16.7 Å². The van der Waals surface area contributed by atoms with Crippen LogP contribution < -0.4 is 3.27 Å². The van der Waals surface area contributed by atoms with E-state index in [-0.39, 0.29) is 0 Å². The Kier molecular flexibility index (Phi) is 2.98. The molecule has 0 amide bonds. The van der Waals surface area contributed by atoms with Gasteiger partial charge < -0.3 is 0 Å². The van der Waals surface area contributed by atoms with Crippen molar-refractivity contribution in [2.45, 2.75) is 22.1 Å². The van der Waals surface area contributed by atoms with E-state index in [1.807, 2.05) is 0 Å². The summed E-state index contributed by atoms with van der Waals surface area (Å²) < 4.78 is 13.0. The van der Waals surface area contributed by atoms with Crippen molar-refractivity contribution in [3.8, 4) is 11.1 Å². The minimum atomic E-state index is -3.30. The van der Waals surface area contributed by atoms with Crippen molar-refractivity contribution in [2.24, 2.45) is 0 Å². The summed E-state index contributed by atoms with van der Waals surface area (Å²) in [4.78, 5) is 0. The molecule has 0 spiro atoms. The van der Waals surface area contributed by atoms with Gasteiger partial charge in [0.25, 0.3) is 0 Å². The van der Waals surface area contributed by atoms with Crippen molar-refractivity contribution in [1.82, 2.24) is 0 Å². The van der Waals surface area contributed by atoms with Gasteiger partial charge in [-0.15, -0.1) is 0 Å². The molecule has 0 saturated carbocycles. The van der Waals surface area contributed by atoms with E-state index in [9.17, 15) is 0 Å². The molecular formula is C21H22Zr. The van der Waals surface area contributed by atoms with Crippen LogP contribution in [0.15, 0.2) is 64.0 Å². The Morgan fingerprint density at radius 1 is 0.955 bits per heavy atom. The van der Waals surface area contributed by atoms with Gasteiger partial charge >= 0.3 is 134 Å². The molecule has 0 heterocycles. The van der Waals surface area contributed by atoms with Crippen LogP contribution in [0.2, 0.25) is 9.26 Å². The fraction of sp³-hybridized carbons (Fsp3) is 0.190. The summed E-state index contributed by atoms with van der Waals surface area (Å²) >= 11 is -3.30. The first-order valence-electron chi connectivity index (χ1n) is 8.10. The predicted octanol–water partition coefficient (Wildman–Crippen LogP) is 4.94. The molecule has 2 aliphatic carbocycles. The second kappa shape index (κ2) is 4.59. The normalized spacial score (nSPS) is 16.4. The summed E-state index contributed by atoms with van der Waals surface area (Å²) in [5.74, 6) is 0. The molecule has 110 valence electrons. The van der Waals surface area contributed by atoms with Gasteiger partial charge in [-0.1, -0.05) is 0 Å². The van der Waals surface area contributed by atoms with Gasteiger partial charge in [0, 0.05) is 0 Å². The van der Waals surface area contributed by atoms with E-state index >= 15 is 0 Å². The number of benzene rings is 2. The molecule has 0 atom stereocenters. The Balaban J connectivity index is 1.95. The molecule has 0 nitrogen and oxygen atoms in total. The second-order valence-corrected chi connectivity index (χ2v) is 23.8. The number of allylic oxidation sites excluding steroid dienone is 4. The van der Waals surface area contributed by atoms with Crippen LogP contribution in [-0.4, -0.2) is 4.21 Å². The molecular weight excluding hydrogens is 343 g/mol. The number of rotatable bonds is 2. The molecule has 0 saturated heterocycles. The second-order valence-electron chi connectivity index (χ2n) is 7.68. The molecule has 0 bridgehead atoms. The molecule has 0 N–H and O–H groups in total. The van der Waals surface area contributed by atoms with Gasteiger partial charge in [0.05, 0.1) is 0 Å². The monoisotopic (exact) mass is 364 g/mol. The fourth-order valence-electron chi connectivity index (χ4n) is 4.12. The Morgan fingerprint density at radius 2 is 1.73 bits per heavy atom. The molecule has 2 aromatic rings. The van der Waals surface area contributed by atoms with Gasteiger partial charge in [0.15, 0.2) is 0 Å². The summed E-state index contributed by atoms with van der Waals surface area (Å²) in [5, 5.41) is 0. The molecule has 0 unspecified atom stereocenters. The van der Waals surface area contributed by atoms with Crippen molar-refractivity contribution in [3.63, 3.8) is 0 Å². The average Bonchev–Trinajstić information content (AvgIpc) is 3.14. The van der Waals surface area contributed by atoms with Crippen LogP contribution in [0, 0.1) is 0 Å². The Hall–Kier alpha value is -1.33. The first kappa shape index (κ1) is 14.3. The van der Waals surface area contributed by atoms with Crippen molar-refractivity contribution in [3.05, 3.63) is 75.1 Å². The van der Waals surface area contributed by atoms with Crippen LogP contribution in [0.4, 0.5) is 0 Å². The van der Waals surface area contributed by atoms with E-state index in [2.05, 4.69) is 70.0 Å². The summed E-state index contributed by atoms with van der Waals surface area (Å²) in [7, 11) is 0. The van der Waals surface area contributed by atoms with Gasteiger partial charge in [0.1, 0.15) is 0 Å². The summed E-state index contributed by atoms with van der Waals surface area (Å²) in [6, 6.07) is 15.7. The van der Waals surface area contributed by atoms with E-state index in [4.69, 9.17) is 4.21 Å². The molecule has 0 aliphatic heterocycles. The molecule has 22 heavy (non-hydrogen) atoms. The summed E-state index contributed by atoms with van der Waals surface area (Å²) in [5.41, 5.74) is 5.87. The minimum absolute atomic E-state index is 1.07. The van der Waals surface area contributed by atoms with Gasteiger partial charge in [-0.3, -0.25) is 0 Å². The molecule has 0 radical (unpaired) electrons. The molecule has 0 aromatic heterocycles. The van der Waals surface area contributed by atoms with Gasteiger partial charge in [0.2, 0.25) is 0 Å². The number of fused-ring (bicyclic) bond motifs is 3. The van der Waals surface area contributed by atoms with Crippen LogP contribution in [0.3, 0.4) is 0 Å². The number of hydrogen-bond donors (Lipinski definition) is 0. The van der Waals surface area contributed by atoms with Gasteiger partial charge in [-0.2, -0.15) is 0 Å². The van der Waals surface area contributed by atoms with Gasteiger partial charge in [-0.05, 0) is 0 Å². The van der Waals surface area contributed by atoms with Gasteiger partial charge in [-0.25, -0.2) is 0 Å². The first-order valence-corrected chi connectivity index (χ1v) is 17.2. The third kappa shape index (κ3) is 1.95. The topological polar surface area (TPSA) is 0 Å². The van der Waals surface area contributed by atoms with Crippen LogP contribution in [-0.2, 0) is 24.7 Å². The molecule has 2 aliphatic rings. The SMILES string of the molecule is [CH2]=[Zr]([CH3])([CH3])([C]1=CC=CC1)[c]1cccc2c1Cc1ccccc1-2. The van der Waals surface area contributed by atoms with Crippen LogP contribution in [0.1, 0.15) is 17.5 Å². The Labute approximate surface area is 133 Å². The van der Waals surface area contributed by atoms with Crippen molar-refractivity contribution in [1.29, 1.82) is 0 Å². The zero-order valence-corrected chi connectivity index (χ0v) is 15.9. The zero-order valence-electron chi connectivity index (χ0n) is 13.4. The van der Waals surface area contributed by atoms with Crippen molar-refractivity contribution < 1.29 is 18.3 Å². The third-order valence-corrected chi connectivity index (χ3v) is 16.9. The van der Waals surface area contributed by atoms with Crippen LogP contribution in [0.5, 0.6) is 0 Å². The quantitative estimate of drug-likeness (QED) is 0.603. The van der Waals surface area contributed by atoms with E-state index in [0.717, 1.165) is 12.8 Å². The van der Waals surface area contributed by atoms with Crippen LogP contribution in [0.25, 0.3) is 11.1 Å². The van der Waals surface area contributed by atoms with Crippen molar-refractivity contribution in [2.75, 3.05) is 0 Å². The fourth-order valence-corrected chi connectivity index (χ4v) is 12.9. The number of hydrogen-bond acceptors (Lipinski definition) is 0. The van der Waals surface area contributed by atoms with Crippen LogP contribution >= 0.6 is 0 Å². The average molecular weight is 366 g/mol. The summed E-state index contributed by atoms with van der Waals surface area (Å²) in [6.45, 7) is 0. The predicted molar refractivity (Wildman–Crippen MR) is 95.0 cm³/mol. The first-order chi connectivity index (χ1) is 10.5. The maximum absolute atomic E-state index is 4.90. The molecule has 4 rings (SSSR count). The maximum atomic E-state index is 4.90. The van der Waals surface area contributed by atoms with Crippen molar-refractivity contribution >= 4 is 7.48 Å². The van der Waals surface area contributed by atoms with E-state index < -0.39 is 18.3 Å². The summed E-state index contributed by atoms with van der Waals surface area (Å²) in [6.07, 6.45) is 8.99. The Bertz CT molecular complexity index is 903. The van der Waals surface area contributed by atoms with E-state index in [1.54, 1.807) is 12.1 Å². The molecule has 1 heteroatoms. The molecule has 0 fully saturated rings. The Morgan fingerprint density at radius 3 is 2.50 bits per heavy atom. The zero-order chi connectivity index (χ0) is 15.4. The molecule has 2 aromatic carbocycles. The third-order valence-electron chi connectivity index (χ3n) is 5.52. The standard InChI is InChI=1S/C13H9.C5H5.2CH3.CH2.Zr/c1-3-7-12-10(5-1)9-11-6-2-4-8-13(11)12;1-2-4-5-3-1;;;;/h1-5,7-8H,9H2;1-3H,4H2;2*1H3;1H2;.